The maximum Gasteiger partial charge on any atom is 0.210 e. The van der Waals surface area contributed by atoms with E-state index >= 15 is 0 Å². The molecule has 0 aromatic heterocycles. The predicted molar refractivity (Wildman–Crippen MR) is 120 cm³/mol. The summed E-state index contributed by atoms with van der Waals surface area (Å²) in [6.45, 7) is 6.96. The molecule has 0 spiro atoms. The van der Waals surface area contributed by atoms with Crippen molar-refractivity contribution in [2.45, 2.75) is 46.1 Å². The van der Waals surface area contributed by atoms with Crippen molar-refractivity contribution >= 4 is 5.78 Å². The molecule has 7 nitrogen and oxygen atoms in total. The molecule has 3 rings (SSSR count). The van der Waals surface area contributed by atoms with E-state index in [0.717, 1.165) is 17.2 Å². The van der Waals surface area contributed by atoms with Crippen LogP contribution in [0.15, 0.2) is 41.5 Å². The first kappa shape index (κ1) is 23.2. The summed E-state index contributed by atoms with van der Waals surface area (Å²) >= 11 is 0. The van der Waals surface area contributed by atoms with Gasteiger partial charge in [-0.05, 0) is 52.7 Å². The predicted octanol–water partition coefficient (Wildman–Crippen LogP) is 3.99. The van der Waals surface area contributed by atoms with Crippen LogP contribution in [-0.2, 0) is 18.4 Å². The van der Waals surface area contributed by atoms with Crippen LogP contribution in [0.2, 0.25) is 0 Å². The lowest BCUT2D eigenvalue weighted by Gasteiger charge is -2.34. The standard InChI is InChI=1S/C25H28O7/c1-13(2)5-7-15-18(26)10-9-17(22(15)29)25(31)12-32-23-16(8-6-14(3)4)19(27)11-20(28)21(23)24(25)30/h5-6,9-11,26-29,31H,7-8,12H2,1-4H3/t25-/m0/s1. The van der Waals surface area contributed by atoms with Crippen molar-refractivity contribution in [3.63, 3.8) is 0 Å². The number of benzene rings is 2. The van der Waals surface area contributed by atoms with Crippen LogP contribution >= 0.6 is 0 Å². The lowest BCUT2D eigenvalue weighted by molar-refractivity contribution is -0.00706. The molecular weight excluding hydrogens is 412 g/mol. The molecule has 0 aliphatic carbocycles. The van der Waals surface area contributed by atoms with E-state index in [-0.39, 0.29) is 46.8 Å². The third kappa shape index (κ3) is 4.03. The van der Waals surface area contributed by atoms with E-state index in [0.29, 0.717) is 5.56 Å². The molecular formula is C25H28O7. The van der Waals surface area contributed by atoms with Crippen molar-refractivity contribution in [3.05, 3.63) is 63.8 Å². The minimum atomic E-state index is -2.30. The Morgan fingerprint density at radius 3 is 2.12 bits per heavy atom. The summed E-state index contributed by atoms with van der Waals surface area (Å²) in [7, 11) is 0. The highest BCUT2D eigenvalue weighted by molar-refractivity contribution is 6.09. The fourth-order valence-electron chi connectivity index (χ4n) is 3.67. The zero-order chi connectivity index (χ0) is 23.8. The number of rotatable bonds is 5. The van der Waals surface area contributed by atoms with Gasteiger partial charge in [0.05, 0.1) is 0 Å². The number of ether oxygens (including phenoxy) is 1. The molecule has 0 radical (unpaired) electrons. The minimum absolute atomic E-state index is 0.00212. The highest BCUT2D eigenvalue weighted by Gasteiger charge is 2.48. The van der Waals surface area contributed by atoms with Gasteiger partial charge in [0, 0.05) is 22.8 Å². The van der Waals surface area contributed by atoms with Crippen LogP contribution in [0.25, 0.3) is 0 Å². The Labute approximate surface area is 186 Å². The molecule has 0 saturated carbocycles. The largest absolute Gasteiger partial charge is 0.508 e. The number of aromatic hydroxyl groups is 4. The third-order valence-corrected chi connectivity index (χ3v) is 5.50. The number of carbonyl (C=O) groups excluding carboxylic acids is 1. The Bertz CT molecular complexity index is 1140. The average molecular weight is 440 g/mol. The fraction of sp³-hybridized carbons (Fsp3) is 0.320. The van der Waals surface area contributed by atoms with Gasteiger partial charge in [-0.15, -0.1) is 0 Å². The van der Waals surface area contributed by atoms with Gasteiger partial charge in [-0.1, -0.05) is 23.3 Å². The van der Waals surface area contributed by atoms with Gasteiger partial charge in [0.2, 0.25) is 5.78 Å². The van der Waals surface area contributed by atoms with Crippen molar-refractivity contribution in [3.8, 4) is 28.7 Å². The van der Waals surface area contributed by atoms with E-state index in [1.165, 1.54) is 12.1 Å². The first-order valence-electron chi connectivity index (χ1n) is 10.3. The second-order valence-electron chi connectivity index (χ2n) is 8.51. The number of Topliss-reactive ketones (excluding diaryl/α,β-unsaturated/α-hetero) is 1. The van der Waals surface area contributed by atoms with Crippen molar-refractivity contribution < 1.29 is 35.1 Å². The maximum absolute atomic E-state index is 13.4. The molecule has 1 heterocycles. The zero-order valence-electron chi connectivity index (χ0n) is 18.6. The van der Waals surface area contributed by atoms with Gasteiger partial charge in [-0.25, -0.2) is 0 Å². The van der Waals surface area contributed by atoms with E-state index in [9.17, 15) is 30.3 Å². The SMILES string of the molecule is CC(C)=CCc1c(O)ccc([C@@]2(O)COc3c(CC=C(C)C)c(O)cc(O)c3C2=O)c1O. The van der Waals surface area contributed by atoms with Crippen molar-refractivity contribution in [2.75, 3.05) is 6.61 Å². The number of phenolic OH excluding ortho intramolecular Hbond substituents is 4. The van der Waals surface area contributed by atoms with Crippen molar-refractivity contribution in [1.82, 2.24) is 0 Å². The van der Waals surface area contributed by atoms with E-state index in [2.05, 4.69) is 0 Å². The molecule has 7 heteroatoms. The van der Waals surface area contributed by atoms with E-state index in [1.807, 2.05) is 33.8 Å². The lowest BCUT2D eigenvalue weighted by Crippen LogP contribution is -2.45. The molecule has 0 unspecified atom stereocenters. The molecule has 1 aliphatic rings. The molecule has 0 fully saturated rings. The van der Waals surface area contributed by atoms with Crippen LogP contribution in [0.5, 0.6) is 28.7 Å². The molecule has 0 amide bonds. The van der Waals surface area contributed by atoms with Gasteiger partial charge in [0.1, 0.15) is 40.9 Å². The number of hydrogen-bond acceptors (Lipinski definition) is 7. The molecule has 1 atom stereocenters. The Morgan fingerprint density at radius 2 is 1.53 bits per heavy atom. The van der Waals surface area contributed by atoms with Crippen LogP contribution in [0.4, 0.5) is 0 Å². The normalized spacial score (nSPS) is 17.3. The smallest absolute Gasteiger partial charge is 0.210 e. The summed E-state index contributed by atoms with van der Waals surface area (Å²) in [5.41, 5.74) is -0.278. The Kier molecular flexibility index (Phi) is 6.23. The lowest BCUT2D eigenvalue weighted by atomic mass is 9.81. The number of hydrogen-bond donors (Lipinski definition) is 5. The third-order valence-electron chi connectivity index (χ3n) is 5.50. The molecule has 170 valence electrons. The summed E-state index contributed by atoms with van der Waals surface area (Å²) in [6.07, 6.45) is 4.09. The molecule has 0 bridgehead atoms. The quantitative estimate of drug-likeness (QED) is 0.445. The van der Waals surface area contributed by atoms with Crippen molar-refractivity contribution in [2.24, 2.45) is 0 Å². The second-order valence-corrected chi connectivity index (χ2v) is 8.51. The number of carbonyl (C=O) groups is 1. The van der Waals surface area contributed by atoms with Gasteiger partial charge < -0.3 is 30.3 Å². The van der Waals surface area contributed by atoms with E-state index < -0.39 is 29.5 Å². The molecule has 32 heavy (non-hydrogen) atoms. The van der Waals surface area contributed by atoms with Gasteiger partial charge in [0.15, 0.2) is 5.60 Å². The number of ketones is 1. The first-order chi connectivity index (χ1) is 15.0. The molecule has 2 aromatic carbocycles. The number of phenols is 4. The van der Waals surface area contributed by atoms with Crippen LogP contribution in [0.1, 0.15) is 54.7 Å². The topological polar surface area (TPSA) is 127 Å². The van der Waals surface area contributed by atoms with Crippen molar-refractivity contribution in [1.29, 1.82) is 0 Å². The summed E-state index contributed by atoms with van der Waals surface area (Å²) < 4.78 is 5.71. The summed E-state index contributed by atoms with van der Waals surface area (Å²) in [5, 5.41) is 53.0. The summed E-state index contributed by atoms with van der Waals surface area (Å²) in [6, 6.07) is 3.59. The summed E-state index contributed by atoms with van der Waals surface area (Å²) in [5.74, 6) is -2.23. The summed E-state index contributed by atoms with van der Waals surface area (Å²) in [4.78, 5) is 13.4. The average Bonchev–Trinajstić information content (AvgIpc) is 2.69. The van der Waals surface area contributed by atoms with Gasteiger partial charge in [-0.3, -0.25) is 4.79 Å². The van der Waals surface area contributed by atoms with Crippen LogP contribution in [0, 0.1) is 0 Å². The zero-order valence-corrected chi connectivity index (χ0v) is 18.6. The van der Waals surface area contributed by atoms with Gasteiger partial charge in [-0.2, -0.15) is 0 Å². The second kappa shape index (κ2) is 8.59. The number of aliphatic hydroxyl groups is 1. The van der Waals surface area contributed by atoms with E-state index in [4.69, 9.17) is 4.74 Å². The van der Waals surface area contributed by atoms with Crippen LogP contribution in [0.3, 0.4) is 0 Å². The Hall–Kier alpha value is -3.45. The van der Waals surface area contributed by atoms with Crippen LogP contribution < -0.4 is 4.74 Å². The molecule has 1 aliphatic heterocycles. The maximum atomic E-state index is 13.4. The van der Waals surface area contributed by atoms with Gasteiger partial charge >= 0.3 is 0 Å². The van der Waals surface area contributed by atoms with E-state index in [1.54, 1.807) is 6.08 Å². The fourth-order valence-corrected chi connectivity index (χ4v) is 3.67. The highest BCUT2D eigenvalue weighted by Crippen LogP contribution is 2.48. The minimum Gasteiger partial charge on any atom is -0.508 e. The first-order valence-corrected chi connectivity index (χ1v) is 10.3. The highest BCUT2D eigenvalue weighted by atomic mass is 16.5. The van der Waals surface area contributed by atoms with Gasteiger partial charge in [0.25, 0.3) is 0 Å². The number of allylic oxidation sites excluding steroid dienone is 4. The van der Waals surface area contributed by atoms with Crippen LogP contribution in [-0.4, -0.2) is 37.9 Å². The Morgan fingerprint density at radius 1 is 0.938 bits per heavy atom. The molecule has 0 saturated heterocycles. The Balaban J connectivity index is 2.14. The number of fused-ring (bicyclic) bond motifs is 1. The molecule has 5 N–H and O–H groups in total. The molecule has 2 aromatic rings. The monoisotopic (exact) mass is 440 g/mol.